The lowest BCUT2D eigenvalue weighted by Crippen LogP contribution is -2.45. The molecule has 1 aliphatic carbocycles. The molecule has 0 bridgehead atoms. The second-order valence-corrected chi connectivity index (χ2v) is 7.89. The lowest BCUT2D eigenvalue weighted by molar-refractivity contribution is -0.133. The average Bonchev–Trinajstić information content (AvgIpc) is 3.19. The van der Waals surface area contributed by atoms with E-state index in [4.69, 9.17) is 9.15 Å². The highest BCUT2D eigenvalue weighted by molar-refractivity contribution is 5.82. The van der Waals surface area contributed by atoms with Gasteiger partial charge in [0.05, 0.1) is 25.3 Å². The van der Waals surface area contributed by atoms with Gasteiger partial charge in [-0.2, -0.15) is 0 Å². The minimum Gasteiger partial charge on any atom is -0.468 e. The van der Waals surface area contributed by atoms with Crippen LogP contribution in [0.3, 0.4) is 0 Å². The van der Waals surface area contributed by atoms with Gasteiger partial charge in [0.2, 0.25) is 5.91 Å². The fourth-order valence-electron chi connectivity index (χ4n) is 4.52. The molecule has 1 aromatic heterocycles. The maximum absolute atomic E-state index is 12.9. The van der Waals surface area contributed by atoms with Crippen molar-refractivity contribution in [3.8, 4) is 0 Å². The first-order valence-corrected chi connectivity index (χ1v) is 9.23. The molecule has 3 fully saturated rings. The number of carbonyl (C=O) groups is 1. The van der Waals surface area contributed by atoms with Crippen molar-refractivity contribution in [1.82, 2.24) is 9.80 Å². The molecule has 3 heterocycles. The first kappa shape index (κ1) is 16.2. The molecule has 1 amide bonds. The Hall–Kier alpha value is -1.33. The largest absolute Gasteiger partial charge is 0.468 e. The molecule has 2 saturated heterocycles. The lowest BCUT2D eigenvalue weighted by Gasteiger charge is -2.41. The normalized spacial score (nSPS) is 27.3. The molecule has 1 aromatic rings. The highest BCUT2D eigenvalue weighted by atomic mass is 16.5. The predicted molar refractivity (Wildman–Crippen MR) is 90.3 cm³/mol. The summed E-state index contributed by atoms with van der Waals surface area (Å²) < 4.78 is 10.9. The number of hydrogen-bond acceptors (Lipinski definition) is 4. The number of amides is 1. The third kappa shape index (κ3) is 3.11. The highest BCUT2D eigenvalue weighted by Crippen LogP contribution is 2.46. The molecule has 5 heteroatoms. The summed E-state index contributed by atoms with van der Waals surface area (Å²) in [5.74, 6) is 2.17. The molecule has 0 radical (unpaired) electrons. The summed E-state index contributed by atoms with van der Waals surface area (Å²) in [5, 5.41) is 0. The van der Waals surface area contributed by atoms with Crippen molar-refractivity contribution in [2.45, 2.75) is 32.2 Å². The van der Waals surface area contributed by atoms with Crippen LogP contribution in [0.5, 0.6) is 0 Å². The van der Waals surface area contributed by atoms with E-state index in [1.807, 2.05) is 12.1 Å². The number of ether oxygens (including phenoxy) is 1. The number of nitrogens with zero attached hydrogens (tertiary/aromatic N) is 2. The van der Waals surface area contributed by atoms with Gasteiger partial charge in [0.25, 0.3) is 0 Å². The highest BCUT2D eigenvalue weighted by Gasteiger charge is 2.53. The average molecular weight is 332 g/mol. The second kappa shape index (κ2) is 6.52. The van der Waals surface area contributed by atoms with E-state index in [0.717, 1.165) is 57.2 Å². The van der Waals surface area contributed by atoms with Crippen molar-refractivity contribution in [3.05, 3.63) is 24.2 Å². The summed E-state index contributed by atoms with van der Waals surface area (Å²) in [6.45, 7) is 5.41. The Morgan fingerprint density at radius 3 is 2.75 bits per heavy atom. The van der Waals surface area contributed by atoms with E-state index in [-0.39, 0.29) is 11.3 Å². The molecule has 2 aliphatic heterocycles. The molecule has 1 spiro atoms. The van der Waals surface area contributed by atoms with Gasteiger partial charge in [-0.05, 0) is 56.8 Å². The molecule has 5 nitrogen and oxygen atoms in total. The zero-order chi connectivity index (χ0) is 16.6. The number of methoxy groups -OCH3 is 1. The molecule has 1 saturated carbocycles. The Morgan fingerprint density at radius 1 is 1.33 bits per heavy atom. The predicted octanol–water partition coefficient (Wildman–Crippen LogP) is 2.38. The number of carbonyl (C=O) groups excluding carboxylic acids is 1. The van der Waals surface area contributed by atoms with Gasteiger partial charge in [0, 0.05) is 25.6 Å². The Bertz CT molecular complexity index is 559. The Morgan fingerprint density at radius 2 is 2.12 bits per heavy atom. The van der Waals surface area contributed by atoms with E-state index in [1.54, 1.807) is 13.4 Å². The Balaban J connectivity index is 1.41. The van der Waals surface area contributed by atoms with Gasteiger partial charge in [-0.1, -0.05) is 0 Å². The standard InChI is InChI=1S/C19H28N2O3/c1-23-13-17-18(22)21(11-15-4-5-15)14-19(17)6-8-20(9-7-19)12-16-3-2-10-24-16/h2-3,10,15,17H,4-9,11-14H2,1H3/t17-/m0/s1. The molecule has 4 rings (SSSR count). The molecule has 24 heavy (non-hydrogen) atoms. The summed E-state index contributed by atoms with van der Waals surface area (Å²) in [5.41, 5.74) is 0.113. The van der Waals surface area contributed by atoms with E-state index in [0.29, 0.717) is 12.5 Å². The third-order valence-electron chi connectivity index (χ3n) is 6.17. The van der Waals surface area contributed by atoms with Crippen LogP contribution in [0.25, 0.3) is 0 Å². The number of furan rings is 1. The number of likely N-dealkylation sites (tertiary alicyclic amines) is 2. The van der Waals surface area contributed by atoms with E-state index in [1.165, 1.54) is 12.8 Å². The van der Waals surface area contributed by atoms with Crippen LogP contribution < -0.4 is 0 Å². The maximum atomic E-state index is 12.9. The molecular formula is C19H28N2O3. The summed E-state index contributed by atoms with van der Waals surface area (Å²) in [6.07, 6.45) is 6.48. The second-order valence-electron chi connectivity index (χ2n) is 7.89. The minimum absolute atomic E-state index is 0.0482. The maximum Gasteiger partial charge on any atom is 0.228 e. The molecule has 0 aromatic carbocycles. The van der Waals surface area contributed by atoms with Crippen molar-refractivity contribution in [3.63, 3.8) is 0 Å². The van der Waals surface area contributed by atoms with Crippen LogP contribution in [0.4, 0.5) is 0 Å². The van der Waals surface area contributed by atoms with Crippen molar-refractivity contribution < 1.29 is 13.9 Å². The smallest absolute Gasteiger partial charge is 0.228 e. The SMILES string of the molecule is COC[C@H]1C(=O)N(CC2CC2)CC12CCN(Cc1ccco1)CC2. The van der Waals surface area contributed by atoms with Crippen LogP contribution in [0.15, 0.2) is 22.8 Å². The van der Waals surface area contributed by atoms with Gasteiger partial charge in [0.15, 0.2) is 0 Å². The van der Waals surface area contributed by atoms with Crippen molar-refractivity contribution >= 4 is 5.91 Å². The van der Waals surface area contributed by atoms with Crippen LogP contribution in [0.1, 0.15) is 31.4 Å². The topological polar surface area (TPSA) is 45.9 Å². The van der Waals surface area contributed by atoms with Crippen LogP contribution in [0, 0.1) is 17.3 Å². The molecule has 3 aliphatic rings. The number of piperidine rings is 1. The van der Waals surface area contributed by atoms with Gasteiger partial charge < -0.3 is 14.1 Å². The van der Waals surface area contributed by atoms with Crippen LogP contribution in [-0.4, -0.2) is 55.6 Å². The lowest BCUT2D eigenvalue weighted by atomic mass is 9.71. The van der Waals surface area contributed by atoms with Gasteiger partial charge in [-0.3, -0.25) is 9.69 Å². The minimum atomic E-state index is 0.0482. The number of rotatable bonds is 6. The summed E-state index contributed by atoms with van der Waals surface area (Å²) in [4.78, 5) is 17.5. The first-order valence-electron chi connectivity index (χ1n) is 9.23. The molecule has 0 unspecified atom stereocenters. The van der Waals surface area contributed by atoms with Crippen molar-refractivity contribution in [1.29, 1.82) is 0 Å². The monoisotopic (exact) mass is 332 g/mol. The van der Waals surface area contributed by atoms with Crippen molar-refractivity contribution in [2.24, 2.45) is 17.3 Å². The van der Waals surface area contributed by atoms with E-state index >= 15 is 0 Å². The third-order valence-corrected chi connectivity index (χ3v) is 6.17. The van der Waals surface area contributed by atoms with Gasteiger partial charge in [-0.15, -0.1) is 0 Å². The summed E-state index contributed by atoms with van der Waals surface area (Å²) in [7, 11) is 1.72. The molecular weight excluding hydrogens is 304 g/mol. The Labute approximate surface area is 143 Å². The zero-order valence-electron chi connectivity index (χ0n) is 14.6. The fraction of sp³-hybridized carbons (Fsp3) is 0.737. The van der Waals surface area contributed by atoms with E-state index in [2.05, 4.69) is 9.80 Å². The Kier molecular flexibility index (Phi) is 4.39. The van der Waals surface area contributed by atoms with Gasteiger partial charge in [0.1, 0.15) is 5.76 Å². The van der Waals surface area contributed by atoms with E-state index < -0.39 is 0 Å². The van der Waals surface area contributed by atoms with Crippen LogP contribution in [0.2, 0.25) is 0 Å². The van der Waals surface area contributed by atoms with Crippen LogP contribution in [-0.2, 0) is 16.1 Å². The quantitative estimate of drug-likeness (QED) is 0.802. The molecule has 0 N–H and O–H groups in total. The first-order chi connectivity index (χ1) is 11.7. The van der Waals surface area contributed by atoms with Crippen LogP contribution >= 0.6 is 0 Å². The van der Waals surface area contributed by atoms with Gasteiger partial charge >= 0.3 is 0 Å². The fourth-order valence-corrected chi connectivity index (χ4v) is 4.52. The number of hydrogen-bond donors (Lipinski definition) is 0. The zero-order valence-corrected chi connectivity index (χ0v) is 14.6. The van der Waals surface area contributed by atoms with E-state index in [9.17, 15) is 4.79 Å². The summed E-state index contributed by atoms with van der Waals surface area (Å²) >= 11 is 0. The summed E-state index contributed by atoms with van der Waals surface area (Å²) in [6, 6.07) is 3.98. The molecule has 132 valence electrons. The van der Waals surface area contributed by atoms with Gasteiger partial charge in [-0.25, -0.2) is 0 Å². The molecule has 1 atom stereocenters. The van der Waals surface area contributed by atoms with Crippen molar-refractivity contribution in [2.75, 3.05) is 39.9 Å².